The first-order chi connectivity index (χ1) is 10.1. The van der Waals surface area contributed by atoms with Gasteiger partial charge in [-0.05, 0) is 18.1 Å². The lowest BCUT2D eigenvalue weighted by molar-refractivity contribution is -0.137. The Morgan fingerprint density at radius 2 is 2.29 bits per heavy atom. The summed E-state index contributed by atoms with van der Waals surface area (Å²) in [5.41, 5.74) is 2.23. The van der Waals surface area contributed by atoms with Crippen molar-refractivity contribution in [1.82, 2.24) is 9.55 Å². The van der Waals surface area contributed by atoms with Crippen LogP contribution in [-0.4, -0.2) is 32.2 Å². The fraction of sp³-hybridized carbons (Fsp3) is 0.333. The van der Waals surface area contributed by atoms with Gasteiger partial charge in [0, 0.05) is 6.42 Å². The summed E-state index contributed by atoms with van der Waals surface area (Å²) in [6, 6.07) is -0.167. The molecule has 0 radical (unpaired) electrons. The molecule has 0 bridgehead atoms. The zero-order valence-electron chi connectivity index (χ0n) is 11.6. The van der Waals surface area contributed by atoms with Crippen molar-refractivity contribution in [2.45, 2.75) is 32.2 Å². The zero-order chi connectivity index (χ0) is 15.0. The number of carbonyl (C=O) groups is 2. The number of amides is 1. The van der Waals surface area contributed by atoms with Gasteiger partial charge in [0.1, 0.15) is 11.5 Å². The van der Waals surface area contributed by atoms with E-state index in [2.05, 4.69) is 9.98 Å². The monoisotopic (exact) mass is 285 g/mol. The van der Waals surface area contributed by atoms with Gasteiger partial charge in [0.2, 0.25) is 0 Å². The van der Waals surface area contributed by atoms with Gasteiger partial charge < -0.3 is 9.67 Å². The highest BCUT2D eigenvalue weighted by atomic mass is 16.4. The molecule has 1 aliphatic heterocycles. The summed E-state index contributed by atoms with van der Waals surface area (Å²) in [5.74, 6) is -0.593. The highest BCUT2D eigenvalue weighted by Crippen LogP contribution is 2.28. The van der Waals surface area contributed by atoms with E-state index < -0.39 is 5.97 Å². The van der Waals surface area contributed by atoms with Crippen molar-refractivity contribution >= 4 is 17.6 Å². The van der Waals surface area contributed by atoms with Crippen LogP contribution in [0.15, 0.2) is 35.0 Å². The number of aromatic nitrogens is 2. The first-order valence-electron chi connectivity index (χ1n) is 6.89. The Hall–Kier alpha value is -2.50. The standard InChI is InChI=1S/C15H15N3O3/c1-2-9-3-4-11-10(7-9)17-15(21)12-8-16-13(18(11)12)5-6-14(19)20/h3-4,7-8,11H,2,5-6H2,1H3,(H,19,20). The number of aliphatic imine (C=N–C) groups is 1. The Bertz CT molecular complexity index is 710. The summed E-state index contributed by atoms with van der Waals surface area (Å²) in [7, 11) is 0. The number of hydrogen-bond acceptors (Lipinski definition) is 3. The number of carboxylic acids is 1. The third kappa shape index (κ3) is 2.33. The summed E-state index contributed by atoms with van der Waals surface area (Å²) in [5, 5.41) is 8.82. The number of carbonyl (C=O) groups excluding carboxylic acids is 1. The molecular weight excluding hydrogens is 270 g/mol. The summed E-state index contributed by atoms with van der Waals surface area (Å²) in [6.45, 7) is 2.04. The van der Waals surface area contributed by atoms with Crippen molar-refractivity contribution in [2.24, 2.45) is 4.99 Å². The molecule has 1 atom stereocenters. The van der Waals surface area contributed by atoms with Gasteiger partial charge in [0.25, 0.3) is 5.91 Å². The van der Waals surface area contributed by atoms with E-state index in [-0.39, 0.29) is 18.4 Å². The third-order valence-electron chi connectivity index (χ3n) is 3.70. The van der Waals surface area contributed by atoms with Crippen LogP contribution in [0, 0.1) is 0 Å². The molecule has 1 aromatic rings. The number of nitrogens with zero attached hydrogens (tertiary/aromatic N) is 3. The van der Waals surface area contributed by atoms with Gasteiger partial charge in [0.15, 0.2) is 0 Å². The van der Waals surface area contributed by atoms with Crippen LogP contribution in [0.3, 0.4) is 0 Å². The predicted octanol–water partition coefficient (Wildman–Crippen LogP) is 1.94. The van der Waals surface area contributed by atoms with Crippen LogP contribution >= 0.6 is 0 Å². The second-order valence-corrected chi connectivity index (χ2v) is 5.04. The molecule has 6 nitrogen and oxygen atoms in total. The second-order valence-electron chi connectivity index (χ2n) is 5.04. The minimum atomic E-state index is -0.879. The first kappa shape index (κ1) is 13.5. The quantitative estimate of drug-likeness (QED) is 0.916. The predicted molar refractivity (Wildman–Crippen MR) is 76.5 cm³/mol. The molecule has 2 aliphatic rings. The van der Waals surface area contributed by atoms with Crippen molar-refractivity contribution in [2.75, 3.05) is 0 Å². The molecule has 0 saturated carbocycles. The molecule has 0 aromatic carbocycles. The minimum Gasteiger partial charge on any atom is -0.481 e. The third-order valence-corrected chi connectivity index (χ3v) is 3.70. The van der Waals surface area contributed by atoms with Gasteiger partial charge >= 0.3 is 5.97 Å². The maximum atomic E-state index is 12.1. The van der Waals surface area contributed by atoms with Crippen LogP contribution < -0.4 is 0 Å². The summed E-state index contributed by atoms with van der Waals surface area (Å²) in [4.78, 5) is 31.1. The van der Waals surface area contributed by atoms with Gasteiger partial charge in [-0.2, -0.15) is 0 Å². The van der Waals surface area contributed by atoms with E-state index >= 15 is 0 Å². The van der Waals surface area contributed by atoms with Gasteiger partial charge in [-0.1, -0.05) is 19.1 Å². The highest BCUT2D eigenvalue weighted by Gasteiger charge is 2.30. The van der Waals surface area contributed by atoms with Gasteiger partial charge in [-0.15, -0.1) is 0 Å². The molecular formula is C15H15N3O3. The molecule has 0 fully saturated rings. The van der Waals surface area contributed by atoms with Gasteiger partial charge in [-0.25, -0.2) is 9.98 Å². The molecule has 108 valence electrons. The van der Waals surface area contributed by atoms with Crippen LogP contribution in [0.2, 0.25) is 0 Å². The van der Waals surface area contributed by atoms with Crippen LogP contribution in [-0.2, 0) is 11.2 Å². The maximum absolute atomic E-state index is 12.1. The lowest BCUT2D eigenvalue weighted by Gasteiger charge is -2.26. The van der Waals surface area contributed by atoms with Gasteiger partial charge in [0.05, 0.1) is 24.4 Å². The lowest BCUT2D eigenvalue weighted by atomic mass is 9.97. The Kier molecular flexibility index (Phi) is 3.29. The van der Waals surface area contributed by atoms with E-state index in [1.165, 1.54) is 6.20 Å². The lowest BCUT2D eigenvalue weighted by Crippen LogP contribution is -2.29. The van der Waals surface area contributed by atoms with Gasteiger partial charge in [-0.3, -0.25) is 9.59 Å². The molecule has 21 heavy (non-hydrogen) atoms. The topological polar surface area (TPSA) is 84.6 Å². The average molecular weight is 285 g/mol. The Morgan fingerprint density at radius 3 is 3.00 bits per heavy atom. The highest BCUT2D eigenvalue weighted by molar-refractivity contribution is 6.13. The number of imidazole rings is 1. The van der Waals surface area contributed by atoms with Crippen molar-refractivity contribution in [1.29, 1.82) is 0 Å². The molecule has 0 spiro atoms. The Morgan fingerprint density at radius 1 is 1.48 bits per heavy atom. The molecule has 1 unspecified atom stereocenters. The second kappa shape index (κ2) is 5.12. The van der Waals surface area contributed by atoms with E-state index in [0.717, 1.165) is 12.0 Å². The number of allylic oxidation sites excluding steroid dienone is 4. The van der Waals surface area contributed by atoms with Crippen molar-refractivity contribution < 1.29 is 14.7 Å². The number of aryl methyl sites for hydroxylation is 1. The fourth-order valence-corrected chi connectivity index (χ4v) is 2.62. The number of hydrogen-bond donors (Lipinski definition) is 1. The zero-order valence-corrected chi connectivity index (χ0v) is 11.6. The fourth-order valence-electron chi connectivity index (χ4n) is 2.62. The number of aliphatic carboxylic acids is 1. The van der Waals surface area contributed by atoms with Crippen molar-refractivity contribution in [3.05, 3.63) is 41.5 Å². The summed E-state index contributed by atoms with van der Waals surface area (Å²) >= 11 is 0. The van der Waals surface area contributed by atoms with Crippen LogP contribution in [0.5, 0.6) is 0 Å². The average Bonchev–Trinajstić information content (AvgIpc) is 2.89. The molecule has 6 heteroatoms. The van der Waals surface area contributed by atoms with Crippen LogP contribution in [0.1, 0.15) is 42.1 Å². The van der Waals surface area contributed by atoms with E-state index in [0.29, 0.717) is 23.7 Å². The summed E-state index contributed by atoms with van der Waals surface area (Å²) in [6.07, 6.45) is 8.57. The van der Waals surface area contributed by atoms with E-state index in [1.54, 1.807) is 4.57 Å². The van der Waals surface area contributed by atoms with Crippen LogP contribution in [0.4, 0.5) is 0 Å². The normalized spacial score (nSPS) is 19.7. The first-order valence-corrected chi connectivity index (χ1v) is 6.89. The molecule has 1 amide bonds. The number of carboxylic acid groups (broad SMARTS) is 1. The molecule has 1 aromatic heterocycles. The molecule has 2 heterocycles. The molecule has 1 N–H and O–H groups in total. The van der Waals surface area contributed by atoms with E-state index in [4.69, 9.17) is 5.11 Å². The van der Waals surface area contributed by atoms with E-state index in [9.17, 15) is 9.59 Å². The molecule has 1 aliphatic carbocycles. The largest absolute Gasteiger partial charge is 0.481 e. The van der Waals surface area contributed by atoms with E-state index in [1.807, 2.05) is 25.2 Å². The minimum absolute atomic E-state index is 0.0103. The number of rotatable bonds is 4. The molecule has 3 rings (SSSR count). The van der Waals surface area contributed by atoms with Crippen molar-refractivity contribution in [3.63, 3.8) is 0 Å². The Balaban J connectivity index is 2.00. The number of fused-ring (bicyclic) bond motifs is 3. The summed E-state index contributed by atoms with van der Waals surface area (Å²) < 4.78 is 1.80. The smallest absolute Gasteiger partial charge is 0.303 e. The molecule has 0 saturated heterocycles. The van der Waals surface area contributed by atoms with Crippen LogP contribution in [0.25, 0.3) is 0 Å². The SMILES string of the molecule is CCC1=CC2=NC(=O)c3cnc(CCC(=O)O)n3C2C=C1. The maximum Gasteiger partial charge on any atom is 0.303 e. The Labute approximate surface area is 121 Å². The van der Waals surface area contributed by atoms with Crippen molar-refractivity contribution in [3.8, 4) is 0 Å².